The molecule has 0 aliphatic carbocycles. The highest BCUT2D eigenvalue weighted by atomic mass is 32.2. The van der Waals surface area contributed by atoms with Crippen LogP contribution in [0.25, 0.3) is 11.0 Å². The molecule has 0 fully saturated rings. The Morgan fingerprint density at radius 1 is 1.23 bits per heavy atom. The van der Waals surface area contributed by atoms with Crippen molar-refractivity contribution in [1.82, 2.24) is 9.55 Å². The monoisotopic (exact) mass is 427 g/mol. The summed E-state index contributed by atoms with van der Waals surface area (Å²) in [6, 6.07) is 12.1. The fourth-order valence-electron chi connectivity index (χ4n) is 3.71. The van der Waals surface area contributed by atoms with E-state index in [0.29, 0.717) is 17.6 Å². The zero-order valence-electron chi connectivity index (χ0n) is 18.0. The zero-order chi connectivity index (χ0) is 22.1. The number of nitrogens with zero attached hydrogens (tertiary/aromatic N) is 3. The Bertz CT molecular complexity index is 1180. The summed E-state index contributed by atoms with van der Waals surface area (Å²) in [5.74, 6) is 0.831. The minimum atomic E-state index is -3.79. The SMILES string of the molecule is C=C(O)Cn1c(CCC)nc2c(N(C(C)C)S(=O)(=O)c3cccc(C)c3)cccc21. The van der Waals surface area contributed by atoms with Gasteiger partial charge in [0.05, 0.1) is 22.6 Å². The number of aliphatic hydroxyl groups is 1. The largest absolute Gasteiger partial charge is 0.511 e. The summed E-state index contributed by atoms with van der Waals surface area (Å²) in [4.78, 5) is 5.04. The van der Waals surface area contributed by atoms with Gasteiger partial charge in [0.2, 0.25) is 0 Å². The number of benzene rings is 2. The third kappa shape index (κ3) is 4.07. The minimum absolute atomic E-state index is 0.0326. The van der Waals surface area contributed by atoms with Crippen molar-refractivity contribution >= 4 is 26.7 Å². The lowest BCUT2D eigenvalue weighted by Crippen LogP contribution is -2.37. The Hall–Kier alpha value is -2.80. The van der Waals surface area contributed by atoms with E-state index in [4.69, 9.17) is 4.98 Å². The van der Waals surface area contributed by atoms with Crippen LogP contribution in [0.3, 0.4) is 0 Å². The summed E-state index contributed by atoms with van der Waals surface area (Å²) in [5, 5.41) is 9.80. The van der Waals surface area contributed by atoms with E-state index in [1.807, 2.05) is 43.5 Å². The van der Waals surface area contributed by atoms with Crippen molar-refractivity contribution in [1.29, 1.82) is 0 Å². The van der Waals surface area contributed by atoms with E-state index in [9.17, 15) is 13.5 Å². The number of aryl methyl sites for hydroxylation is 2. The van der Waals surface area contributed by atoms with Crippen LogP contribution in [0.1, 0.15) is 38.6 Å². The van der Waals surface area contributed by atoms with Gasteiger partial charge in [-0.1, -0.05) is 31.7 Å². The molecular formula is C23H29N3O3S. The van der Waals surface area contributed by atoms with Gasteiger partial charge in [0, 0.05) is 12.5 Å². The molecule has 0 saturated heterocycles. The van der Waals surface area contributed by atoms with Crippen LogP contribution in [-0.4, -0.2) is 29.1 Å². The van der Waals surface area contributed by atoms with Crippen molar-refractivity contribution in [2.75, 3.05) is 4.31 Å². The highest BCUT2D eigenvalue weighted by Gasteiger charge is 2.30. The number of anilines is 1. The molecule has 0 unspecified atom stereocenters. The maximum Gasteiger partial charge on any atom is 0.264 e. The highest BCUT2D eigenvalue weighted by molar-refractivity contribution is 7.92. The molecule has 160 valence electrons. The summed E-state index contributed by atoms with van der Waals surface area (Å²) in [6.45, 7) is 11.5. The molecule has 1 aromatic heterocycles. The molecule has 1 N–H and O–H groups in total. The summed E-state index contributed by atoms with van der Waals surface area (Å²) in [5.41, 5.74) is 2.79. The van der Waals surface area contributed by atoms with Crippen LogP contribution in [0, 0.1) is 6.92 Å². The van der Waals surface area contributed by atoms with Crippen molar-refractivity contribution in [2.45, 2.75) is 58.0 Å². The molecule has 2 aromatic carbocycles. The molecule has 0 aliphatic heterocycles. The Kier molecular flexibility index (Phi) is 6.22. The van der Waals surface area contributed by atoms with E-state index in [-0.39, 0.29) is 23.2 Å². The van der Waals surface area contributed by atoms with E-state index < -0.39 is 10.0 Å². The second-order valence-electron chi connectivity index (χ2n) is 7.79. The fourth-order valence-corrected chi connectivity index (χ4v) is 5.48. The molecule has 0 radical (unpaired) electrons. The maximum absolute atomic E-state index is 13.6. The number of imidazole rings is 1. The van der Waals surface area contributed by atoms with E-state index in [2.05, 4.69) is 13.5 Å². The molecule has 1 heterocycles. The predicted molar refractivity (Wildman–Crippen MR) is 121 cm³/mol. The molecule has 3 aromatic rings. The van der Waals surface area contributed by atoms with Gasteiger partial charge in [-0.25, -0.2) is 13.4 Å². The Labute approximate surface area is 178 Å². The summed E-state index contributed by atoms with van der Waals surface area (Å²) >= 11 is 0. The van der Waals surface area contributed by atoms with Gasteiger partial charge in [0.15, 0.2) is 0 Å². The van der Waals surface area contributed by atoms with Crippen LogP contribution in [-0.2, 0) is 23.0 Å². The summed E-state index contributed by atoms with van der Waals surface area (Å²) in [7, 11) is -3.79. The molecule has 7 heteroatoms. The topological polar surface area (TPSA) is 75.4 Å². The van der Waals surface area contributed by atoms with Gasteiger partial charge in [-0.3, -0.25) is 4.31 Å². The first-order valence-corrected chi connectivity index (χ1v) is 11.6. The van der Waals surface area contributed by atoms with Crippen LogP contribution in [0.2, 0.25) is 0 Å². The van der Waals surface area contributed by atoms with Gasteiger partial charge < -0.3 is 9.67 Å². The first-order chi connectivity index (χ1) is 14.2. The van der Waals surface area contributed by atoms with Crippen molar-refractivity contribution in [3.8, 4) is 0 Å². The van der Waals surface area contributed by atoms with Crippen LogP contribution in [0.4, 0.5) is 5.69 Å². The zero-order valence-corrected chi connectivity index (χ0v) is 18.8. The molecule has 0 aliphatic rings. The lowest BCUT2D eigenvalue weighted by Gasteiger charge is -2.28. The molecule has 0 atom stereocenters. The Balaban J connectivity index is 2.25. The lowest BCUT2D eigenvalue weighted by molar-refractivity contribution is 0.378. The number of fused-ring (bicyclic) bond motifs is 1. The van der Waals surface area contributed by atoms with Gasteiger partial charge in [0.1, 0.15) is 17.1 Å². The molecule has 0 spiro atoms. The lowest BCUT2D eigenvalue weighted by atomic mass is 10.2. The standard InChI is InChI=1S/C23H29N3O3S/c1-6-9-22-24-23-20(25(22)15-18(5)27)12-8-13-21(23)26(16(2)3)30(28,29)19-11-7-10-17(4)14-19/h7-8,10-14,16,27H,5-6,9,15H2,1-4H3. The number of aromatic nitrogens is 2. The van der Waals surface area contributed by atoms with Gasteiger partial charge in [-0.2, -0.15) is 0 Å². The number of hydrogen-bond acceptors (Lipinski definition) is 4. The predicted octanol–water partition coefficient (Wildman–Crippen LogP) is 4.97. The molecule has 0 bridgehead atoms. The Morgan fingerprint density at radius 3 is 2.53 bits per heavy atom. The molecule has 6 nitrogen and oxygen atoms in total. The first-order valence-electron chi connectivity index (χ1n) is 10.1. The van der Waals surface area contributed by atoms with Crippen molar-refractivity contribution in [2.24, 2.45) is 0 Å². The Morgan fingerprint density at radius 2 is 1.93 bits per heavy atom. The molecule has 0 saturated carbocycles. The van der Waals surface area contributed by atoms with Crippen molar-refractivity contribution in [3.63, 3.8) is 0 Å². The maximum atomic E-state index is 13.6. The number of allylic oxidation sites excluding steroid dienone is 1. The van der Waals surface area contributed by atoms with E-state index >= 15 is 0 Å². The highest BCUT2D eigenvalue weighted by Crippen LogP contribution is 2.33. The fraction of sp³-hybridized carbons (Fsp3) is 0.348. The van der Waals surface area contributed by atoms with Crippen molar-refractivity contribution in [3.05, 3.63) is 66.2 Å². The number of sulfonamides is 1. The van der Waals surface area contributed by atoms with Crippen LogP contribution < -0.4 is 4.31 Å². The number of hydrogen-bond donors (Lipinski definition) is 1. The normalized spacial score (nSPS) is 11.9. The number of aliphatic hydroxyl groups excluding tert-OH is 1. The summed E-state index contributed by atoms with van der Waals surface area (Å²) < 4.78 is 30.5. The average molecular weight is 428 g/mol. The van der Waals surface area contributed by atoms with Gasteiger partial charge in [0.25, 0.3) is 10.0 Å². The second kappa shape index (κ2) is 8.52. The minimum Gasteiger partial charge on any atom is -0.511 e. The van der Waals surface area contributed by atoms with E-state index in [1.165, 1.54) is 4.31 Å². The third-order valence-electron chi connectivity index (χ3n) is 4.90. The molecule has 3 rings (SSSR count). The molecular weight excluding hydrogens is 398 g/mol. The smallest absolute Gasteiger partial charge is 0.264 e. The quantitative estimate of drug-likeness (QED) is 0.515. The molecule has 30 heavy (non-hydrogen) atoms. The average Bonchev–Trinajstić information content (AvgIpc) is 2.99. The van der Waals surface area contributed by atoms with Crippen LogP contribution in [0.15, 0.2) is 59.7 Å². The second-order valence-corrected chi connectivity index (χ2v) is 9.60. The van der Waals surface area contributed by atoms with Crippen LogP contribution >= 0.6 is 0 Å². The van der Waals surface area contributed by atoms with E-state index in [0.717, 1.165) is 23.3 Å². The first kappa shape index (κ1) is 21.9. The number of para-hydroxylation sites is 1. The van der Waals surface area contributed by atoms with Crippen LogP contribution in [0.5, 0.6) is 0 Å². The molecule has 0 amide bonds. The van der Waals surface area contributed by atoms with Gasteiger partial charge in [-0.05, 0) is 57.0 Å². The van der Waals surface area contributed by atoms with Crippen molar-refractivity contribution < 1.29 is 13.5 Å². The number of rotatable bonds is 8. The van der Waals surface area contributed by atoms with Gasteiger partial charge in [-0.15, -0.1) is 0 Å². The van der Waals surface area contributed by atoms with E-state index in [1.54, 1.807) is 24.3 Å². The summed E-state index contributed by atoms with van der Waals surface area (Å²) in [6.07, 6.45) is 1.60. The third-order valence-corrected chi connectivity index (χ3v) is 6.89. The van der Waals surface area contributed by atoms with Gasteiger partial charge >= 0.3 is 0 Å².